The molecule has 1 saturated carbocycles. The van der Waals surface area contributed by atoms with Gasteiger partial charge in [0.15, 0.2) is 0 Å². The molecular weight excluding hydrogens is 295 g/mol. The van der Waals surface area contributed by atoms with Crippen molar-refractivity contribution in [3.8, 4) is 5.75 Å². The summed E-state index contributed by atoms with van der Waals surface area (Å²) in [4.78, 5) is -0.869. The van der Waals surface area contributed by atoms with Gasteiger partial charge in [0.05, 0.1) is 0 Å². The highest BCUT2D eigenvalue weighted by atomic mass is 32.2. The Morgan fingerprint density at radius 1 is 1.20 bits per heavy atom. The molecule has 0 spiro atoms. The summed E-state index contributed by atoms with van der Waals surface area (Å²) >= 11 is 0. The Labute approximate surface area is 114 Å². The third-order valence-corrected chi connectivity index (χ3v) is 4.75. The monoisotopic (exact) mass is 309 g/mol. The summed E-state index contributed by atoms with van der Waals surface area (Å²) in [6.07, 6.45) is 1.65. The van der Waals surface area contributed by atoms with Crippen LogP contribution in [0.25, 0.3) is 0 Å². The highest BCUT2D eigenvalue weighted by Gasteiger charge is 2.48. The van der Waals surface area contributed by atoms with E-state index in [4.69, 9.17) is 10.5 Å². The van der Waals surface area contributed by atoms with Gasteiger partial charge in [0.1, 0.15) is 16.7 Å². The number of ether oxygens (including phenoxy) is 1. The van der Waals surface area contributed by atoms with Crippen LogP contribution in [0, 0.1) is 0 Å². The quantitative estimate of drug-likeness (QED) is 0.929. The number of benzene rings is 1. The van der Waals surface area contributed by atoms with E-state index in [9.17, 15) is 21.6 Å². The predicted molar refractivity (Wildman–Crippen MR) is 65.9 cm³/mol. The van der Waals surface area contributed by atoms with Crippen LogP contribution < -0.4 is 10.5 Å². The van der Waals surface area contributed by atoms with Crippen LogP contribution in [0.3, 0.4) is 0 Å². The van der Waals surface area contributed by atoms with Crippen LogP contribution in [0.2, 0.25) is 0 Å². The lowest BCUT2D eigenvalue weighted by atomic mass is 10.2. The Morgan fingerprint density at radius 2 is 1.85 bits per heavy atom. The van der Waals surface area contributed by atoms with Crippen molar-refractivity contribution in [1.29, 1.82) is 0 Å². The molecule has 0 saturated heterocycles. The van der Waals surface area contributed by atoms with Crippen LogP contribution in [0.1, 0.15) is 19.3 Å². The van der Waals surface area contributed by atoms with Crippen LogP contribution in [0.15, 0.2) is 29.2 Å². The van der Waals surface area contributed by atoms with E-state index in [1.165, 1.54) is 18.2 Å². The van der Waals surface area contributed by atoms with E-state index in [1.807, 2.05) is 0 Å². The van der Waals surface area contributed by atoms with Gasteiger partial charge in [-0.05, 0) is 31.4 Å². The summed E-state index contributed by atoms with van der Waals surface area (Å²) < 4.78 is 66.2. The second kappa shape index (κ2) is 5.25. The lowest BCUT2D eigenvalue weighted by Gasteiger charge is -2.20. The fourth-order valence-corrected chi connectivity index (χ4v) is 3.05. The zero-order valence-corrected chi connectivity index (χ0v) is 11.2. The molecule has 1 aromatic carbocycles. The molecule has 112 valence electrons. The average molecular weight is 309 g/mol. The minimum absolute atomic E-state index is 0.295. The first-order valence-corrected chi connectivity index (χ1v) is 7.54. The molecule has 0 bridgehead atoms. The van der Waals surface area contributed by atoms with E-state index in [-0.39, 0.29) is 11.8 Å². The number of rotatable bonds is 3. The lowest BCUT2D eigenvalue weighted by molar-refractivity contribution is -0.0437. The minimum Gasteiger partial charge on any atom is -0.487 e. The van der Waals surface area contributed by atoms with Gasteiger partial charge in [0.25, 0.3) is 9.84 Å². The van der Waals surface area contributed by atoms with Crippen molar-refractivity contribution >= 4 is 9.84 Å². The Bertz CT molecular complexity index is 586. The molecule has 1 aliphatic carbocycles. The smallest absolute Gasteiger partial charge is 0.487 e. The van der Waals surface area contributed by atoms with Gasteiger partial charge in [0.2, 0.25) is 0 Å². The lowest BCUT2D eigenvalue weighted by Crippen LogP contribution is -2.34. The molecule has 0 amide bonds. The Hall–Kier alpha value is -1.28. The normalized spacial score (nSPS) is 23.8. The summed E-state index contributed by atoms with van der Waals surface area (Å²) in [6.45, 7) is 0. The minimum atomic E-state index is -5.43. The molecule has 0 radical (unpaired) electrons. The summed E-state index contributed by atoms with van der Waals surface area (Å²) in [7, 11) is -5.43. The first kappa shape index (κ1) is 15.1. The number of sulfone groups is 1. The van der Waals surface area contributed by atoms with Crippen molar-refractivity contribution in [3.63, 3.8) is 0 Å². The van der Waals surface area contributed by atoms with E-state index in [0.29, 0.717) is 12.8 Å². The van der Waals surface area contributed by atoms with Crippen molar-refractivity contribution in [1.82, 2.24) is 0 Å². The SMILES string of the molecule is NC1CCCC1Oc1ccccc1S(=O)(=O)C(F)(F)F. The molecule has 2 N–H and O–H groups in total. The molecule has 2 atom stereocenters. The number of hydrogen-bond acceptors (Lipinski definition) is 4. The van der Waals surface area contributed by atoms with Crippen LogP contribution in [-0.2, 0) is 9.84 Å². The number of para-hydroxylation sites is 1. The molecule has 8 heteroatoms. The zero-order chi connectivity index (χ0) is 15.0. The summed E-state index contributed by atoms with van der Waals surface area (Å²) in [5.41, 5.74) is 0.418. The summed E-state index contributed by atoms with van der Waals surface area (Å²) in [6, 6.07) is 4.45. The molecule has 2 unspecified atom stereocenters. The van der Waals surface area contributed by atoms with Gasteiger partial charge >= 0.3 is 5.51 Å². The van der Waals surface area contributed by atoms with Crippen LogP contribution in [0.4, 0.5) is 13.2 Å². The molecule has 4 nitrogen and oxygen atoms in total. The fraction of sp³-hybridized carbons (Fsp3) is 0.500. The van der Waals surface area contributed by atoms with Crippen molar-refractivity contribution in [2.24, 2.45) is 5.73 Å². The maximum Gasteiger partial charge on any atom is 0.502 e. The van der Waals surface area contributed by atoms with Crippen LogP contribution in [-0.4, -0.2) is 26.1 Å². The molecule has 1 aliphatic rings. The summed E-state index contributed by atoms with van der Waals surface area (Å²) in [5, 5.41) is 0. The van der Waals surface area contributed by atoms with Gasteiger partial charge in [-0.3, -0.25) is 0 Å². The average Bonchev–Trinajstić information content (AvgIpc) is 2.74. The molecule has 1 fully saturated rings. The van der Waals surface area contributed by atoms with Crippen molar-refractivity contribution < 1.29 is 26.3 Å². The molecule has 2 rings (SSSR count). The van der Waals surface area contributed by atoms with Gasteiger partial charge in [-0.25, -0.2) is 8.42 Å². The Morgan fingerprint density at radius 3 is 2.40 bits per heavy atom. The standard InChI is InChI=1S/C12H14F3NO3S/c13-12(14,15)20(17,18)11-7-2-1-5-10(11)19-9-6-3-4-8(9)16/h1-2,5,7-9H,3-4,6,16H2. The highest BCUT2D eigenvalue weighted by Crippen LogP contribution is 2.36. The Kier molecular flexibility index (Phi) is 3.97. The maximum absolute atomic E-state index is 12.6. The molecule has 20 heavy (non-hydrogen) atoms. The summed E-state index contributed by atoms with van der Waals surface area (Å²) in [5.74, 6) is -0.299. The van der Waals surface area contributed by atoms with Gasteiger partial charge in [0, 0.05) is 6.04 Å². The van der Waals surface area contributed by atoms with E-state index in [0.717, 1.165) is 12.5 Å². The van der Waals surface area contributed by atoms with Crippen molar-refractivity contribution in [2.75, 3.05) is 0 Å². The molecule has 0 aliphatic heterocycles. The molecule has 0 aromatic heterocycles. The first-order valence-electron chi connectivity index (χ1n) is 6.06. The third-order valence-electron chi connectivity index (χ3n) is 3.23. The van der Waals surface area contributed by atoms with E-state index >= 15 is 0 Å². The van der Waals surface area contributed by atoms with Gasteiger partial charge in [-0.2, -0.15) is 13.2 Å². The van der Waals surface area contributed by atoms with Gasteiger partial charge < -0.3 is 10.5 Å². The Balaban J connectivity index is 2.36. The second-order valence-corrected chi connectivity index (χ2v) is 6.56. The van der Waals surface area contributed by atoms with E-state index in [1.54, 1.807) is 0 Å². The van der Waals surface area contributed by atoms with E-state index in [2.05, 4.69) is 0 Å². The van der Waals surface area contributed by atoms with Crippen molar-refractivity contribution in [2.45, 2.75) is 41.8 Å². The second-order valence-electron chi connectivity index (χ2n) is 4.65. The molecule has 1 aromatic rings. The van der Waals surface area contributed by atoms with Gasteiger partial charge in [-0.15, -0.1) is 0 Å². The molecule has 0 heterocycles. The largest absolute Gasteiger partial charge is 0.502 e. The van der Waals surface area contributed by atoms with E-state index < -0.39 is 26.3 Å². The maximum atomic E-state index is 12.6. The predicted octanol–water partition coefficient (Wildman–Crippen LogP) is 2.24. The number of halogens is 3. The van der Waals surface area contributed by atoms with Crippen molar-refractivity contribution in [3.05, 3.63) is 24.3 Å². The zero-order valence-electron chi connectivity index (χ0n) is 10.4. The fourth-order valence-electron chi connectivity index (χ4n) is 2.16. The molecular formula is C12H14F3NO3S. The first-order chi connectivity index (χ1) is 9.23. The number of hydrogen-bond donors (Lipinski definition) is 1. The van der Waals surface area contributed by atoms with Crippen LogP contribution >= 0.6 is 0 Å². The van der Waals surface area contributed by atoms with Crippen LogP contribution in [0.5, 0.6) is 5.75 Å². The highest BCUT2D eigenvalue weighted by molar-refractivity contribution is 7.92. The third kappa shape index (κ3) is 2.76. The number of alkyl halides is 3. The number of nitrogens with two attached hydrogens (primary N) is 1. The topological polar surface area (TPSA) is 69.4 Å². The van der Waals surface area contributed by atoms with Gasteiger partial charge in [-0.1, -0.05) is 12.1 Å².